The summed E-state index contributed by atoms with van der Waals surface area (Å²) in [6.45, 7) is 2.96. The molecule has 5 heteroatoms. The van der Waals surface area contributed by atoms with E-state index in [1.807, 2.05) is 55.5 Å². The molecule has 2 aromatic carbocycles. The number of aromatic nitrogens is 3. The number of anilines is 1. The lowest BCUT2D eigenvalue weighted by Gasteiger charge is -2.15. The lowest BCUT2D eigenvalue weighted by Crippen LogP contribution is -2.12. The Bertz CT molecular complexity index is 912. The van der Waals surface area contributed by atoms with Crippen molar-refractivity contribution in [1.82, 2.24) is 14.8 Å². The number of benzene rings is 2. The number of carbonyl (C=O) groups is 1. The van der Waals surface area contributed by atoms with Gasteiger partial charge in [0.25, 0.3) is 5.91 Å². The molecule has 0 fully saturated rings. The van der Waals surface area contributed by atoms with Crippen LogP contribution in [0.3, 0.4) is 0 Å². The van der Waals surface area contributed by atoms with Gasteiger partial charge in [0.1, 0.15) is 5.82 Å². The molecular formula is C20H20N4O. The minimum atomic E-state index is -0.111. The molecule has 25 heavy (non-hydrogen) atoms. The number of aryl methyl sites for hydroxylation is 2. The van der Waals surface area contributed by atoms with Crippen LogP contribution in [0.5, 0.6) is 0 Å². The van der Waals surface area contributed by atoms with Crippen LogP contribution in [0.1, 0.15) is 34.6 Å². The van der Waals surface area contributed by atoms with Gasteiger partial charge in [0.2, 0.25) is 0 Å². The van der Waals surface area contributed by atoms with Crippen LogP contribution in [0.2, 0.25) is 0 Å². The van der Waals surface area contributed by atoms with Crippen molar-refractivity contribution >= 4 is 11.6 Å². The molecule has 0 bridgehead atoms. The van der Waals surface area contributed by atoms with E-state index in [1.54, 1.807) is 0 Å². The lowest BCUT2D eigenvalue weighted by molar-refractivity contribution is 0.102. The van der Waals surface area contributed by atoms with E-state index in [9.17, 15) is 4.79 Å². The molecule has 0 saturated heterocycles. The normalized spacial score (nSPS) is 13.3. The first-order valence-electron chi connectivity index (χ1n) is 8.61. The number of nitrogens with zero attached hydrogens (tertiary/aromatic N) is 3. The van der Waals surface area contributed by atoms with E-state index < -0.39 is 0 Å². The second-order valence-electron chi connectivity index (χ2n) is 6.45. The number of carbonyl (C=O) groups excluding carboxylic acids is 1. The molecular weight excluding hydrogens is 312 g/mol. The summed E-state index contributed by atoms with van der Waals surface area (Å²) in [5.41, 5.74) is 3.52. The number of amides is 1. The highest BCUT2D eigenvalue weighted by Gasteiger charge is 2.17. The molecule has 0 aliphatic carbocycles. The van der Waals surface area contributed by atoms with Crippen LogP contribution in [0.25, 0.3) is 11.4 Å². The molecule has 0 unspecified atom stereocenters. The first-order valence-corrected chi connectivity index (χ1v) is 8.61. The Hall–Kier alpha value is -2.95. The zero-order valence-electron chi connectivity index (χ0n) is 14.2. The van der Waals surface area contributed by atoms with Crippen molar-refractivity contribution in [3.8, 4) is 11.4 Å². The van der Waals surface area contributed by atoms with Crippen molar-refractivity contribution in [3.05, 3.63) is 65.5 Å². The fourth-order valence-electron chi connectivity index (χ4n) is 3.17. The summed E-state index contributed by atoms with van der Waals surface area (Å²) in [5, 5.41) is 11.6. The monoisotopic (exact) mass is 332 g/mol. The Morgan fingerprint density at radius 3 is 2.76 bits per heavy atom. The Labute approximate surface area is 146 Å². The molecule has 1 aliphatic heterocycles. The number of hydrogen-bond acceptors (Lipinski definition) is 3. The first-order chi connectivity index (χ1) is 12.2. The molecule has 0 radical (unpaired) electrons. The van der Waals surface area contributed by atoms with Gasteiger partial charge in [-0.15, -0.1) is 10.2 Å². The van der Waals surface area contributed by atoms with Crippen LogP contribution < -0.4 is 5.32 Å². The third-order valence-electron chi connectivity index (χ3n) is 4.55. The van der Waals surface area contributed by atoms with E-state index in [0.717, 1.165) is 47.8 Å². The molecule has 1 aromatic heterocycles. The Kier molecular flexibility index (Phi) is 4.06. The standard InChI is InChI=1S/C20H20N4O/c1-14-8-10-15(11-9-14)20(25)21-17-6-4-5-16(13-17)19-23-22-18-7-2-3-12-24(18)19/h4-6,8-11,13H,2-3,7,12H2,1H3,(H,21,25). The molecule has 3 aromatic rings. The summed E-state index contributed by atoms with van der Waals surface area (Å²) in [6, 6.07) is 15.3. The van der Waals surface area contributed by atoms with E-state index in [4.69, 9.17) is 0 Å². The molecule has 4 rings (SSSR count). The summed E-state index contributed by atoms with van der Waals surface area (Å²) < 4.78 is 2.18. The van der Waals surface area contributed by atoms with Crippen LogP contribution in [-0.4, -0.2) is 20.7 Å². The molecule has 126 valence electrons. The van der Waals surface area contributed by atoms with Gasteiger partial charge >= 0.3 is 0 Å². The lowest BCUT2D eigenvalue weighted by atomic mass is 10.1. The second kappa shape index (κ2) is 6.51. The smallest absolute Gasteiger partial charge is 0.255 e. The molecule has 0 saturated carbocycles. The number of nitrogens with one attached hydrogen (secondary N) is 1. The molecule has 5 nitrogen and oxygen atoms in total. The highest BCUT2D eigenvalue weighted by Crippen LogP contribution is 2.25. The molecule has 2 heterocycles. The average Bonchev–Trinajstić information content (AvgIpc) is 3.06. The maximum atomic E-state index is 12.4. The number of rotatable bonds is 3. The van der Waals surface area contributed by atoms with Gasteiger partial charge in [-0.3, -0.25) is 4.79 Å². The maximum Gasteiger partial charge on any atom is 0.255 e. The Morgan fingerprint density at radius 1 is 1.08 bits per heavy atom. The second-order valence-corrected chi connectivity index (χ2v) is 6.45. The van der Waals surface area contributed by atoms with Crippen LogP contribution >= 0.6 is 0 Å². The van der Waals surface area contributed by atoms with Gasteiger partial charge in [0.15, 0.2) is 5.82 Å². The first kappa shape index (κ1) is 15.6. The fraction of sp³-hybridized carbons (Fsp3) is 0.250. The summed E-state index contributed by atoms with van der Waals surface area (Å²) in [5.74, 6) is 1.82. The van der Waals surface area contributed by atoms with E-state index in [-0.39, 0.29) is 5.91 Å². The predicted octanol–water partition coefficient (Wildman–Crippen LogP) is 3.84. The van der Waals surface area contributed by atoms with Crippen molar-refractivity contribution in [2.24, 2.45) is 0 Å². The minimum Gasteiger partial charge on any atom is -0.322 e. The zero-order valence-corrected chi connectivity index (χ0v) is 14.2. The predicted molar refractivity (Wildman–Crippen MR) is 97.5 cm³/mol. The van der Waals surface area contributed by atoms with E-state index in [2.05, 4.69) is 20.1 Å². The summed E-state index contributed by atoms with van der Waals surface area (Å²) >= 11 is 0. The van der Waals surface area contributed by atoms with Crippen LogP contribution in [-0.2, 0) is 13.0 Å². The average molecular weight is 332 g/mol. The van der Waals surface area contributed by atoms with E-state index in [1.165, 1.54) is 6.42 Å². The van der Waals surface area contributed by atoms with Crippen molar-refractivity contribution < 1.29 is 4.79 Å². The quantitative estimate of drug-likeness (QED) is 0.793. The molecule has 1 N–H and O–H groups in total. The Morgan fingerprint density at radius 2 is 1.92 bits per heavy atom. The van der Waals surface area contributed by atoms with Gasteiger partial charge in [-0.25, -0.2) is 0 Å². The Balaban J connectivity index is 1.58. The molecule has 0 spiro atoms. The van der Waals surface area contributed by atoms with Gasteiger partial charge < -0.3 is 9.88 Å². The van der Waals surface area contributed by atoms with Crippen molar-refractivity contribution in [1.29, 1.82) is 0 Å². The van der Waals surface area contributed by atoms with E-state index >= 15 is 0 Å². The maximum absolute atomic E-state index is 12.4. The summed E-state index contributed by atoms with van der Waals surface area (Å²) in [4.78, 5) is 12.4. The summed E-state index contributed by atoms with van der Waals surface area (Å²) in [7, 11) is 0. The van der Waals surface area contributed by atoms with Crippen LogP contribution in [0, 0.1) is 6.92 Å². The third kappa shape index (κ3) is 3.18. The minimum absolute atomic E-state index is 0.111. The molecule has 1 aliphatic rings. The van der Waals surface area contributed by atoms with Crippen LogP contribution in [0.15, 0.2) is 48.5 Å². The van der Waals surface area contributed by atoms with Gasteiger partial charge in [-0.05, 0) is 44.0 Å². The van der Waals surface area contributed by atoms with Crippen molar-refractivity contribution in [3.63, 3.8) is 0 Å². The summed E-state index contributed by atoms with van der Waals surface area (Å²) in [6.07, 6.45) is 3.31. The van der Waals surface area contributed by atoms with E-state index in [0.29, 0.717) is 5.56 Å². The number of fused-ring (bicyclic) bond motifs is 1. The van der Waals surface area contributed by atoms with Crippen molar-refractivity contribution in [2.75, 3.05) is 5.32 Å². The highest BCUT2D eigenvalue weighted by atomic mass is 16.1. The van der Waals surface area contributed by atoms with Gasteiger partial charge in [0.05, 0.1) is 0 Å². The fourth-order valence-corrected chi connectivity index (χ4v) is 3.17. The molecule has 0 atom stereocenters. The molecule has 1 amide bonds. The van der Waals surface area contributed by atoms with Gasteiger partial charge in [-0.2, -0.15) is 0 Å². The van der Waals surface area contributed by atoms with Gasteiger partial charge in [0, 0.05) is 29.8 Å². The third-order valence-corrected chi connectivity index (χ3v) is 4.55. The number of hydrogen-bond donors (Lipinski definition) is 1. The zero-order chi connectivity index (χ0) is 17.2. The topological polar surface area (TPSA) is 59.8 Å². The largest absolute Gasteiger partial charge is 0.322 e. The highest BCUT2D eigenvalue weighted by molar-refractivity contribution is 6.04. The van der Waals surface area contributed by atoms with Crippen molar-refractivity contribution in [2.45, 2.75) is 32.7 Å². The van der Waals surface area contributed by atoms with Crippen LogP contribution in [0.4, 0.5) is 5.69 Å². The van der Waals surface area contributed by atoms with Gasteiger partial charge in [-0.1, -0.05) is 29.8 Å². The SMILES string of the molecule is Cc1ccc(C(=O)Nc2cccc(-c3nnc4n3CCCC4)c2)cc1.